The van der Waals surface area contributed by atoms with Gasteiger partial charge in [0, 0.05) is 0 Å². The summed E-state index contributed by atoms with van der Waals surface area (Å²) in [5.74, 6) is -0.237. The minimum Gasteiger partial charge on any atom is -0.321 e. The molecule has 1 N–H and O–H groups in total. The molecule has 0 atom stereocenters. The summed E-state index contributed by atoms with van der Waals surface area (Å²) in [6.45, 7) is 0. The molecular formula is C6H2Br2ClN3O. The molecule has 1 aromatic heterocycles. The van der Waals surface area contributed by atoms with Gasteiger partial charge in [-0.1, -0.05) is 31.9 Å². The second-order valence-electron chi connectivity index (χ2n) is 2.43. The Labute approximate surface area is 95.3 Å². The maximum atomic E-state index is 11.3. The molecule has 1 amide bonds. The SMILES string of the molecule is O=C1Nc2cnc(Cl)nc2C1(Br)Br. The maximum Gasteiger partial charge on any atom is 0.258 e. The van der Waals surface area contributed by atoms with Crippen LogP contribution < -0.4 is 5.32 Å². The Bertz CT molecular complexity index is 395. The van der Waals surface area contributed by atoms with Crippen molar-refractivity contribution < 1.29 is 4.79 Å². The first kappa shape index (κ1) is 9.36. The molecule has 0 spiro atoms. The number of halogens is 3. The fourth-order valence-corrected chi connectivity index (χ4v) is 1.94. The maximum absolute atomic E-state index is 11.3. The molecule has 7 heteroatoms. The molecule has 0 radical (unpaired) electrons. The minimum absolute atomic E-state index is 0.110. The molecule has 0 unspecified atom stereocenters. The second-order valence-corrected chi connectivity index (χ2v) is 6.21. The summed E-state index contributed by atoms with van der Waals surface area (Å²) in [5, 5.41) is 2.71. The van der Waals surface area contributed by atoms with Crippen LogP contribution in [0.2, 0.25) is 5.28 Å². The van der Waals surface area contributed by atoms with Crippen molar-refractivity contribution in [1.29, 1.82) is 0 Å². The lowest BCUT2D eigenvalue weighted by Gasteiger charge is -2.08. The van der Waals surface area contributed by atoms with Crippen molar-refractivity contribution in [3.05, 3.63) is 17.2 Å². The number of amides is 1. The number of carbonyl (C=O) groups excluding carboxylic acids is 1. The molecule has 1 aromatic rings. The van der Waals surface area contributed by atoms with E-state index in [-0.39, 0.29) is 11.2 Å². The molecule has 1 aliphatic rings. The lowest BCUT2D eigenvalue weighted by molar-refractivity contribution is -0.115. The largest absolute Gasteiger partial charge is 0.321 e. The van der Waals surface area contributed by atoms with Crippen LogP contribution in [0.3, 0.4) is 0 Å². The van der Waals surface area contributed by atoms with Crippen LogP contribution in [0.1, 0.15) is 5.69 Å². The molecule has 13 heavy (non-hydrogen) atoms. The topological polar surface area (TPSA) is 54.9 Å². The van der Waals surface area contributed by atoms with Crippen molar-refractivity contribution in [2.24, 2.45) is 0 Å². The third-order valence-corrected chi connectivity index (χ3v) is 3.24. The summed E-state index contributed by atoms with van der Waals surface area (Å²) in [7, 11) is 0. The van der Waals surface area contributed by atoms with Crippen LogP contribution in [0, 0.1) is 0 Å². The van der Waals surface area contributed by atoms with Crippen LogP contribution in [0.4, 0.5) is 5.69 Å². The summed E-state index contributed by atoms with van der Waals surface area (Å²) in [4.78, 5) is 19.0. The van der Waals surface area contributed by atoms with E-state index < -0.39 is 3.23 Å². The zero-order valence-electron chi connectivity index (χ0n) is 6.01. The fraction of sp³-hybridized carbons (Fsp3) is 0.167. The normalized spacial score (nSPS) is 18.2. The van der Waals surface area contributed by atoms with Crippen LogP contribution in [-0.2, 0) is 8.03 Å². The van der Waals surface area contributed by atoms with Crippen LogP contribution in [0.5, 0.6) is 0 Å². The van der Waals surface area contributed by atoms with Gasteiger partial charge in [0.15, 0.2) is 0 Å². The lowest BCUT2D eigenvalue weighted by Crippen LogP contribution is -2.20. The highest BCUT2D eigenvalue weighted by Gasteiger charge is 2.44. The summed E-state index contributed by atoms with van der Waals surface area (Å²) in [6, 6.07) is 0. The van der Waals surface area contributed by atoms with E-state index in [1.165, 1.54) is 6.20 Å². The second kappa shape index (κ2) is 2.90. The van der Waals surface area contributed by atoms with Crippen LogP contribution >= 0.6 is 43.5 Å². The van der Waals surface area contributed by atoms with E-state index in [4.69, 9.17) is 11.6 Å². The van der Waals surface area contributed by atoms with Crippen molar-refractivity contribution in [2.75, 3.05) is 5.32 Å². The van der Waals surface area contributed by atoms with Gasteiger partial charge in [0.05, 0.1) is 11.9 Å². The van der Waals surface area contributed by atoms with E-state index in [1.807, 2.05) is 0 Å². The Balaban J connectivity index is 2.64. The molecule has 0 aliphatic carbocycles. The van der Waals surface area contributed by atoms with Crippen molar-refractivity contribution in [1.82, 2.24) is 9.97 Å². The summed E-state index contributed by atoms with van der Waals surface area (Å²) in [5.41, 5.74) is 1.06. The molecule has 0 bridgehead atoms. The summed E-state index contributed by atoms with van der Waals surface area (Å²) < 4.78 is -0.984. The molecule has 0 fully saturated rings. The molecule has 4 nitrogen and oxygen atoms in total. The number of aromatic nitrogens is 2. The average molecular weight is 327 g/mol. The number of nitrogens with zero attached hydrogens (tertiary/aromatic N) is 2. The van der Waals surface area contributed by atoms with Gasteiger partial charge in [-0.05, 0) is 11.6 Å². The van der Waals surface area contributed by atoms with E-state index >= 15 is 0 Å². The first-order chi connectivity index (χ1) is 6.01. The predicted molar refractivity (Wildman–Crippen MR) is 55.2 cm³/mol. The van der Waals surface area contributed by atoms with Crippen molar-refractivity contribution in [2.45, 2.75) is 3.23 Å². The van der Waals surface area contributed by atoms with Gasteiger partial charge in [-0.2, -0.15) is 0 Å². The van der Waals surface area contributed by atoms with E-state index in [1.54, 1.807) is 0 Å². The fourth-order valence-electron chi connectivity index (χ4n) is 0.999. The number of rotatable bonds is 0. The third-order valence-electron chi connectivity index (χ3n) is 1.59. The van der Waals surface area contributed by atoms with Crippen LogP contribution in [-0.4, -0.2) is 15.9 Å². The zero-order chi connectivity index (χ0) is 9.64. The Morgan fingerprint density at radius 1 is 1.54 bits per heavy atom. The Morgan fingerprint density at radius 3 is 2.92 bits per heavy atom. The summed E-state index contributed by atoms with van der Waals surface area (Å²) in [6.07, 6.45) is 1.47. The van der Waals surface area contributed by atoms with E-state index in [9.17, 15) is 4.79 Å². The van der Waals surface area contributed by atoms with Gasteiger partial charge < -0.3 is 5.32 Å². The van der Waals surface area contributed by atoms with Gasteiger partial charge >= 0.3 is 0 Å². The highest BCUT2D eigenvalue weighted by atomic mass is 79.9. The third kappa shape index (κ3) is 1.37. The molecule has 68 valence electrons. The molecule has 0 aromatic carbocycles. The standard InChI is InChI=1S/C6H2Br2ClN3O/c7-6(8)3-2(11-4(6)13)1-10-5(9)12-3/h1H,(H,11,13). The van der Waals surface area contributed by atoms with Gasteiger partial charge in [0.25, 0.3) is 5.91 Å². The number of fused-ring (bicyclic) bond motifs is 1. The number of carbonyl (C=O) groups is 1. The number of hydrogen-bond acceptors (Lipinski definition) is 3. The van der Waals surface area contributed by atoms with Gasteiger partial charge in [-0.3, -0.25) is 4.79 Å². The molecular weight excluding hydrogens is 325 g/mol. The van der Waals surface area contributed by atoms with Gasteiger partial charge in [0.1, 0.15) is 5.69 Å². The zero-order valence-corrected chi connectivity index (χ0v) is 9.94. The molecule has 0 saturated heterocycles. The van der Waals surface area contributed by atoms with E-state index in [0.717, 1.165) is 0 Å². The van der Waals surface area contributed by atoms with E-state index in [2.05, 4.69) is 47.1 Å². The first-order valence-electron chi connectivity index (χ1n) is 3.24. The Morgan fingerprint density at radius 2 is 2.23 bits per heavy atom. The van der Waals surface area contributed by atoms with Crippen molar-refractivity contribution in [3.63, 3.8) is 0 Å². The molecule has 2 rings (SSSR count). The Kier molecular flexibility index (Phi) is 2.08. The quantitative estimate of drug-likeness (QED) is 0.586. The molecule has 0 saturated carbocycles. The van der Waals surface area contributed by atoms with Gasteiger partial charge in [0.2, 0.25) is 8.52 Å². The average Bonchev–Trinajstić information content (AvgIpc) is 2.27. The number of hydrogen-bond donors (Lipinski definition) is 1. The molecule has 1 aliphatic heterocycles. The van der Waals surface area contributed by atoms with Crippen molar-refractivity contribution >= 4 is 55.1 Å². The Hall–Kier alpha value is -0.200. The number of alkyl halides is 2. The van der Waals surface area contributed by atoms with Gasteiger partial charge in [-0.15, -0.1) is 0 Å². The minimum atomic E-state index is -0.984. The monoisotopic (exact) mass is 325 g/mol. The predicted octanol–water partition coefficient (Wildman–Crippen LogP) is 2.02. The van der Waals surface area contributed by atoms with Crippen molar-refractivity contribution in [3.8, 4) is 0 Å². The van der Waals surface area contributed by atoms with Crippen LogP contribution in [0.25, 0.3) is 0 Å². The van der Waals surface area contributed by atoms with Crippen LogP contribution in [0.15, 0.2) is 6.20 Å². The highest BCUT2D eigenvalue weighted by molar-refractivity contribution is 9.25. The highest BCUT2D eigenvalue weighted by Crippen LogP contribution is 2.46. The number of anilines is 1. The summed E-state index contributed by atoms with van der Waals surface area (Å²) >= 11 is 12.0. The van der Waals surface area contributed by atoms with E-state index in [0.29, 0.717) is 11.4 Å². The lowest BCUT2D eigenvalue weighted by atomic mass is 10.3. The molecule has 2 heterocycles. The smallest absolute Gasteiger partial charge is 0.258 e. The first-order valence-corrected chi connectivity index (χ1v) is 5.20. The van der Waals surface area contributed by atoms with Gasteiger partial charge in [-0.25, -0.2) is 9.97 Å². The number of nitrogens with one attached hydrogen (secondary N) is 1.